The number of ketones is 1. The van der Waals surface area contributed by atoms with Crippen LogP contribution in [0.25, 0.3) is 10.9 Å². The van der Waals surface area contributed by atoms with Crippen molar-refractivity contribution < 1.29 is 9.18 Å². The third-order valence-electron chi connectivity index (χ3n) is 2.67. The minimum absolute atomic E-state index is 0.0379. The minimum Gasteiger partial charge on any atom is -0.360 e. The number of fused-ring (bicyclic) bond motifs is 1. The van der Waals surface area contributed by atoms with Gasteiger partial charge in [-0.25, -0.2) is 4.39 Å². The molecule has 2 aromatic heterocycles. The summed E-state index contributed by atoms with van der Waals surface area (Å²) in [6.45, 7) is 0. The molecule has 17 heavy (non-hydrogen) atoms. The summed E-state index contributed by atoms with van der Waals surface area (Å²) in [5.74, 6) is -0.349. The molecule has 3 rings (SSSR count). The molecule has 1 aromatic carbocycles. The van der Waals surface area contributed by atoms with Gasteiger partial charge in [0.2, 0.25) is 0 Å². The molecule has 0 saturated carbocycles. The lowest BCUT2D eigenvalue weighted by molar-refractivity contribution is 0.104. The fraction of sp³-hybridized carbons (Fsp3) is 0. The van der Waals surface area contributed by atoms with Crippen molar-refractivity contribution in [3.8, 4) is 0 Å². The van der Waals surface area contributed by atoms with E-state index in [0.29, 0.717) is 16.6 Å². The topological polar surface area (TPSA) is 32.9 Å². The molecule has 0 saturated heterocycles. The fourth-order valence-corrected chi connectivity index (χ4v) is 2.47. The van der Waals surface area contributed by atoms with E-state index in [-0.39, 0.29) is 11.6 Å². The average molecular weight is 245 g/mol. The number of carbonyl (C=O) groups excluding carboxylic acids is 1. The molecule has 4 heteroatoms. The summed E-state index contributed by atoms with van der Waals surface area (Å²) in [4.78, 5) is 15.1. The van der Waals surface area contributed by atoms with Crippen LogP contribution >= 0.6 is 11.3 Å². The molecule has 0 radical (unpaired) electrons. The lowest BCUT2D eigenvalue weighted by atomic mass is 10.1. The van der Waals surface area contributed by atoms with Crippen molar-refractivity contribution in [3.05, 3.63) is 58.2 Å². The Labute approximate surface area is 101 Å². The summed E-state index contributed by atoms with van der Waals surface area (Å²) in [5, 5.41) is 4.43. The first-order valence-corrected chi connectivity index (χ1v) is 6.03. The Kier molecular flexibility index (Phi) is 2.30. The van der Waals surface area contributed by atoms with Gasteiger partial charge in [0.25, 0.3) is 0 Å². The summed E-state index contributed by atoms with van der Waals surface area (Å²) >= 11 is 1.48. The van der Waals surface area contributed by atoms with Gasteiger partial charge in [-0.2, -0.15) is 11.3 Å². The molecule has 0 spiro atoms. The highest BCUT2D eigenvalue weighted by Gasteiger charge is 2.14. The second-order valence-electron chi connectivity index (χ2n) is 3.73. The van der Waals surface area contributed by atoms with E-state index in [0.717, 1.165) is 5.39 Å². The highest BCUT2D eigenvalue weighted by molar-refractivity contribution is 7.08. The maximum Gasteiger partial charge on any atom is 0.196 e. The quantitative estimate of drug-likeness (QED) is 0.687. The maximum atomic E-state index is 13.0. The molecule has 0 aliphatic rings. The number of benzene rings is 1. The number of aromatic amines is 1. The van der Waals surface area contributed by atoms with E-state index < -0.39 is 0 Å². The Morgan fingerprint density at radius 3 is 2.94 bits per heavy atom. The van der Waals surface area contributed by atoms with Crippen molar-refractivity contribution in [2.24, 2.45) is 0 Å². The molecule has 0 fully saturated rings. The normalized spacial score (nSPS) is 10.9. The van der Waals surface area contributed by atoms with Gasteiger partial charge < -0.3 is 4.98 Å². The van der Waals surface area contributed by atoms with Crippen molar-refractivity contribution in [1.29, 1.82) is 0 Å². The van der Waals surface area contributed by atoms with E-state index in [4.69, 9.17) is 0 Å². The average Bonchev–Trinajstić information content (AvgIpc) is 2.96. The predicted molar refractivity (Wildman–Crippen MR) is 66.0 cm³/mol. The van der Waals surface area contributed by atoms with E-state index in [1.807, 2.05) is 10.8 Å². The Bertz CT molecular complexity index is 685. The first kappa shape index (κ1) is 10.2. The minimum atomic E-state index is -0.311. The third kappa shape index (κ3) is 1.66. The number of aromatic nitrogens is 1. The fourth-order valence-electron chi connectivity index (χ4n) is 1.84. The number of hydrogen-bond acceptors (Lipinski definition) is 2. The zero-order chi connectivity index (χ0) is 11.8. The van der Waals surface area contributed by atoms with Crippen molar-refractivity contribution >= 4 is 28.0 Å². The molecule has 0 bridgehead atoms. The molecule has 84 valence electrons. The lowest BCUT2D eigenvalue weighted by Gasteiger charge is -1.96. The largest absolute Gasteiger partial charge is 0.360 e. The van der Waals surface area contributed by atoms with Crippen molar-refractivity contribution in [2.75, 3.05) is 0 Å². The smallest absolute Gasteiger partial charge is 0.196 e. The van der Waals surface area contributed by atoms with E-state index in [1.54, 1.807) is 18.3 Å². The number of hydrogen-bond donors (Lipinski definition) is 1. The molecule has 2 heterocycles. The number of carbonyl (C=O) groups is 1. The highest BCUT2D eigenvalue weighted by Crippen LogP contribution is 2.22. The number of halogens is 1. The molecule has 0 amide bonds. The molecule has 0 aliphatic heterocycles. The third-order valence-corrected chi connectivity index (χ3v) is 3.36. The van der Waals surface area contributed by atoms with Gasteiger partial charge in [-0.3, -0.25) is 4.79 Å². The Balaban J connectivity index is 2.15. The van der Waals surface area contributed by atoms with Crippen molar-refractivity contribution in [1.82, 2.24) is 4.98 Å². The molecule has 0 atom stereocenters. The van der Waals surface area contributed by atoms with Crippen LogP contribution in [0.2, 0.25) is 0 Å². The van der Waals surface area contributed by atoms with Gasteiger partial charge in [-0.15, -0.1) is 0 Å². The summed E-state index contributed by atoms with van der Waals surface area (Å²) in [6.07, 6.45) is 1.63. The van der Waals surface area contributed by atoms with Crippen LogP contribution in [0.15, 0.2) is 41.2 Å². The summed E-state index contributed by atoms with van der Waals surface area (Å²) in [5.41, 5.74) is 1.89. The van der Waals surface area contributed by atoms with Gasteiger partial charge in [0.1, 0.15) is 5.82 Å². The number of nitrogens with one attached hydrogen (secondary N) is 1. The van der Waals surface area contributed by atoms with Gasteiger partial charge in [-0.05, 0) is 29.6 Å². The number of rotatable bonds is 2. The zero-order valence-electron chi connectivity index (χ0n) is 8.74. The molecular formula is C13H8FNOS. The summed E-state index contributed by atoms with van der Waals surface area (Å²) < 4.78 is 13.0. The molecule has 3 aromatic rings. The van der Waals surface area contributed by atoms with Crippen LogP contribution in [-0.4, -0.2) is 10.8 Å². The summed E-state index contributed by atoms with van der Waals surface area (Å²) in [7, 11) is 0. The van der Waals surface area contributed by atoms with E-state index in [9.17, 15) is 9.18 Å². The summed E-state index contributed by atoms with van der Waals surface area (Å²) in [6, 6.07) is 6.16. The van der Waals surface area contributed by atoms with Gasteiger partial charge in [0.15, 0.2) is 5.78 Å². The zero-order valence-corrected chi connectivity index (χ0v) is 9.55. The maximum absolute atomic E-state index is 13.0. The molecule has 0 unspecified atom stereocenters. The first-order chi connectivity index (χ1) is 8.25. The van der Waals surface area contributed by atoms with Crippen LogP contribution < -0.4 is 0 Å². The number of thiophene rings is 1. The van der Waals surface area contributed by atoms with Crippen LogP contribution in [0.3, 0.4) is 0 Å². The van der Waals surface area contributed by atoms with Crippen LogP contribution in [0, 0.1) is 5.82 Å². The Morgan fingerprint density at radius 1 is 1.29 bits per heavy atom. The standard InChI is InChI=1S/C13H8FNOS/c14-9-1-2-10-11(6-15-12(10)5-9)13(16)8-3-4-17-7-8/h1-7,15H. The van der Waals surface area contributed by atoms with E-state index >= 15 is 0 Å². The van der Waals surface area contributed by atoms with Gasteiger partial charge in [0.05, 0.1) is 0 Å². The molecule has 1 N–H and O–H groups in total. The number of H-pyrrole nitrogens is 1. The lowest BCUT2D eigenvalue weighted by Crippen LogP contribution is -1.97. The van der Waals surface area contributed by atoms with E-state index in [2.05, 4.69) is 4.98 Å². The Hall–Kier alpha value is -1.94. The second-order valence-corrected chi connectivity index (χ2v) is 4.51. The highest BCUT2D eigenvalue weighted by atomic mass is 32.1. The second kappa shape index (κ2) is 3.82. The van der Waals surface area contributed by atoms with Crippen LogP contribution in [0.1, 0.15) is 15.9 Å². The van der Waals surface area contributed by atoms with Crippen molar-refractivity contribution in [2.45, 2.75) is 0 Å². The Morgan fingerprint density at radius 2 is 2.18 bits per heavy atom. The van der Waals surface area contributed by atoms with E-state index in [1.165, 1.54) is 23.5 Å². The monoisotopic (exact) mass is 245 g/mol. The molecule has 0 aliphatic carbocycles. The molecule has 2 nitrogen and oxygen atoms in total. The first-order valence-electron chi connectivity index (χ1n) is 5.09. The van der Waals surface area contributed by atoms with Gasteiger partial charge >= 0.3 is 0 Å². The SMILES string of the molecule is O=C(c1ccsc1)c1c[nH]c2cc(F)ccc12. The van der Waals surface area contributed by atoms with Crippen LogP contribution in [0.4, 0.5) is 4.39 Å². The van der Waals surface area contributed by atoms with Crippen molar-refractivity contribution in [3.63, 3.8) is 0 Å². The van der Waals surface area contributed by atoms with Gasteiger partial charge in [0, 0.05) is 33.6 Å². The molecular weight excluding hydrogens is 237 g/mol. The predicted octanol–water partition coefficient (Wildman–Crippen LogP) is 3.60. The van der Waals surface area contributed by atoms with Crippen LogP contribution in [0.5, 0.6) is 0 Å². The van der Waals surface area contributed by atoms with Crippen LogP contribution in [-0.2, 0) is 0 Å². The van der Waals surface area contributed by atoms with Gasteiger partial charge in [-0.1, -0.05) is 0 Å².